The van der Waals surface area contributed by atoms with E-state index in [-0.39, 0.29) is 17.2 Å². The Bertz CT molecular complexity index is 1400. The molecule has 0 aliphatic carbocycles. The standard InChI is InChI=1S/C22H22ClN5O2S2/c1-11-14(4)32-20-18(11)21(30)28(16-8-6-15(23)7-9-16)22(25-20)31-10-17(29)24-19-12(2)26-27(5)13(19)3/h6-9H,10H2,1-5H3,(H,24,29). The molecule has 0 bridgehead atoms. The average molecular weight is 488 g/mol. The summed E-state index contributed by atoms with van der Waals surface area (Å²) in [4.78, 5) is 32.6. The van der Waals surface area contributed by atoms with Crippen molar-refractivity contribution >= 4 is 56.5 Å². The van der Waals surface area contributed by atoms with Crippen LogP contribution in [0.15, 0.2) is 34.2 Å². The van der Waals surface area contributed by atoms with E-state index < -0.39 is 0 Å². The number of amides is 1. The molecule has 1 N–H and O–H groups in total. The number of aryl methyl sites for hydroxylation is 4. The van der Waals surface area contributed by atoms with Gasteiger partial charge < -0.3 is 5.32 Å². The zero-order valence-corrected chi connectivity index (χ0v) is 20.7. The summed E-state index contributed by atoms with van der Waals surface area (Å²) < 4.78 is 3.28. The van der Waals surface area contributed by atoms with Crippen molar-refractivity contribution in [2.45, 2.75) is 32.9 Å². The third kappa shape index (κ3) is 4.07. The number of fused-ring (bicyclic) bond motifs is 1. The number of carbonyl (C=O) groups is 1. The number of hydrogen-bond acceptors (Lipinski definition) is 6. The number of halogens is 1. The predicted molar refractivity (Wildman–Crippen MR) is 132 cm³/mol. The van der Waals surface area contributed by atoms with Crippen molar-refractivity contribution in [2.75, 3.05) is 11.1 Å². The molecule has 4 aromatic rings. The Kier molecular flexibility index (Phi) is 6.15. The van der Waals surface area contributed by atoms with Gasteiger partial charge >= 0.3 is 0 Å². The highest BCUT2D eigenvalue weighted by atomic mass is 35.5. The zero-order valence-electron chi connectivity index (χ0n) is 18.3. The molecule has 0 atom stereocenters. The van der Waals surface area contributed by atoms with Crippen molar-refractivity contribution in [1.29, 1.82) is 0 Å². The Balaban J connectivity index is 1.71. The minimum atomic E-state index is -0.190. The highest BCUT2D eigenvalue weighted by Gasteiger charge is 2.19. The third-order valence-corrected chi connectivity index (χ3v) is 7.65. The van der Waals surface area contributed by atoms with E-state index in [1.54, 1.807) is 33.5 Å². The highest BCUT2D eigenvalue weighted by molar-refractivity contribution is 7.99. The molecule has 0 fully saturated rings. The Morgan fingerprint density at radius 2 is 1.88 bits per heavy atom. The number of benzene rings is 1. The minimum absolute atomic E-state index is 0.0999. The van der Waals surface area contributed by atoms with Crippen molar-refractivity contribution < 1.29 is 4.79 Å². The molecule has 3 aromatic heterocycles. The van der Waals surface area contributed by atoms with E-state index in [0.717, 1.165) is 21.8 Å². The first kappa shape index (κ1) is 22.6. The largest absolute Gasteiger partial charge is 0.322 e. The Morgan fingerprint density at radius 1 is 1.19 bits per heavy atom. The number of nitrogens with zero attached hydrogens (tertiary/aromatic N) is 4. The van der Waals surface area contributed by atoms with Gasteiger partial charge in [0.2, 0.25) is 5.91 Å². The van der Waals surface area contributed by atoms with Crippen LogP contribution in [0.1, 0.15) is 21.8 Å². The second kappa shape index (κ2) is 8.73. The van der Waals surface area contributed by atoms with Crippen LogP contribution in [0.3, 0.4) is 0 Å². The SMILES string of the molecule is Cc1nn(C)c(C)c1NC(=O)CSc1nc2sc(C)c(C)c2c(=O)n1-c1ccc(Cl)cc1. The van der Waals surface area contributed by atoms with Gasteiger partial charge in [0.15, 0.2) is 5.16 Å². The summed E-state index contributed by atoms with van der Waals surface area (Å²) in [6.07, 6.45) is 0. The number of anilines is 1. The summed E-state index contributed by atoms with van der Waals surface area (Å²) in [5.41, 5.74) is 3.77. The first-order chi connectivity index (χ1) is 15.2. The smallest absolute Gasteiger partial charge is 0.267 e. The van der Waals surface area contributed by atoms with Gasteiger partial charge in [-0.15, -0.1) is 11.3 Å². The van der Waals surface area contributed by atoms with Crippen molar-refractivity contribution in [3.8, 4) is 5.69 Å². The van der Waals surface area contributed by atoms with Crippen LogP contribution in [0.25, 0.3) is 15.9 Å². The molecule has 32 heavy (non-hydrogen) atoms. The zero-order chi connectivity index (χ0) is 23.2. The molecule has 10 heteroatoms. The fourth-order valence-corrected chi connectivity index (χ4v) is 5.46. The van der Waals surface area contributed by atoms with Crippen LogP contribution in [0.5, 0.6) is 0 Å². The van der Waals surface area contributed by atoms with E-state index >= 15 is 0 Å². The number of hydrogen-bond donors (Lipinski definition) is 1. The maximum absolute atomic E-state index is 13.5. The molecule has 0 unspecified atom stereocenters. The predicted octanol–water partition coefficient (Wildman–Crippen LogP) is 4.80. The summed E-state index contributed by atoms with van der Waals surface area (Å²) in [6, 6.07) is 7.01. The molecular weight excluding hydrogens is 466 g/mol. The van der Waals surface area contributed by atoms with Gasteiger partial charge in [-0.3, -0.25) is 18.8 Å². The number of nitrogens with one attached hydrogen (secondary N) is 1. The molecule has 0 saturated carbocycles. The van der Waals surface area contributed by atoms with Gasteiger partial charge in [0.05, 0.1) is 33.9 Å². The highest BCUT2D eigenvalue weighted by Crippen LogP contribution is 2.30. The molecule has 3 heterocycles. The summed E-state index contributed by atoms with van der Waals surface area (Å²) in [5, 5.41) is 8.90. The lowest BCUT2D eigenvalue weighted by atomic mass is 10.2. The minimum Gasteiger partial charge on any atom is -0.322 e. The summed E-state index contributed by atoms with van der Waals surface area (Å²) in [6.45, 7) is 7.66. The van der Waals surface area contributed by atoms with Crippen molar-refractivity contribution in [3.63, 3.8) is 0 Å². The molecule has 0 saturated heterocycles. The Labute approximate surface area is 198 Å². The fraction of sp³-hybridized carbons (Fsp3) is 0.273. The lowest BCUT2D eigenvalue weighted by molar-refractivity contribution is -0.113. The lowest BCUT2D eigenvalue weighted by Gasteiger charge is -2.12. The number of aromatic nitrogens is 4. The van der Waals surface area contributed by atoms with Crippen molar-refractivity contribution in [1.82, 2.24) is 19.3 Å². The molecule has 4 rings (SSSR count). The number of thioether (sulfide) groups is 1. The van der Waals surface area contributed by atoms with Gasteiger partial charge in [-0.2, -0.15) is 5.10 Å². The monoisotopic (exact) mass is 487 g/mol. The van der Waals surface area contributed by atoms with E-state index in [2.05, 4.69) is 10.4 Å². The maximum atomic E-state index is 13.5. The van der Waals surface area contributed by atoms with E-state index in [1.807, 2.05) is 34.7 Å². The molecule has 0 spiro atoms. The van der Waals surface area contributed by atoms with Gasteiger partial charge in [0.1, 0.15) is 4.83 Å². The summed E-state index contributed by atoms with van der Waals surface area (Å²) >= 11 is 8.75. The van der Waals surface area contributed by atoms with Gasteiger partial charge in [0, 0.05) is 16.9 Å². The van der Waals surface area contributed by atoms with Gasteiger partial charge in [-0.25, -0.2) is 4.98 Å². The van der Waals surface area contributed by atoms with Gasteiger partial charge in [-0.05, 0) is 57.5 Å². The average Bonchev–Trinajstić information content (AvgIpc) is 3.16. The molecule has 1 aromatic carbocycles. The van der Waals surface area contributed by atoms with E-state index in [4.69, 9.17) is 16.6 Å². The van der Waals surface area contributed by atoms with Crippen LogP contribution < -0.4 is 10.9 Å². The molecule has 0 aliphatic rings. The van der Waals surface area contributed by atoms with Crippen LogP contribution in [0.4, 0.5) is 5.69 Å². The molecule has 166 valence electrons. The molecule has 1 amide bonds. The Hall–Kier alpha value is -2.62. The van der Waals surface area contributed by atoms with E-state index in [1.165, 1.54) is 23.1 Å². The van der Waals surface area contributed by atoms with Crippen molar-refractivity contribution in [2.24, 2.45) is 7.05 Å². The maximum Gasteiger partial charge on any atom is 0.267 e. The molecular formula is C22H22ClN5O2S2. The normalized spacial score (nSPS) is 11.3. The second-order valence-electron chi connectivity index (χ2n) is 7.48. The Morgan fingerprint density at radius 3 is 2.50 bits per heavy atom. The summed E-state index contributed by atoms with van der Waals surface area (Å²) in [7, 11) is 1.84. The van der Waals surface area contributed by atoms with Gasteiger partial charge in [-0.1, -0.05) is 23.4 Å². The fourth-order valence-electron chi connectivity index (χ4n) is 3.45. The van der Waals surface area contributed by atoms with Gasteiger partial charge in [0.25, 0.3) is 5.56 Å². The quantitative estimate of drug-likeness (QED) is 0.323. The number of thiophene rings is 1. The molecule has 7 nitrogen and oxygen atoms in total. The number of carbonyl (C=O) groups excluding carboxylic acids is 1. The number of rotatable bonds is 5. The van der Waals surface area contributed by atoms with Crippen LogP contribution in [-0.4, -0.2) is 31.0 Å². The first-order valence-corrected chi connectivity index (χ1v) is 12.1. The topological polar surface area (TPSA) is 81.8 Å². The van der Waals surface area contributed by atoms with E-state index in [0.29, 0.717) is 31.8 Å². The van der Waals surface area contributed by atoms with Crippen molar-refractivity contribution in [3.05, 3.63) is 61.5 Å². The first-order valence-electron chi connectivity index (χ1n) is 9.89. The van der Waals surface area contributed by atoms with Crippen LogP contribution >= 0.6 is 34.7 Å². The molecule has 0 aliphatic heterocycles. The van der Waals surface area contributed by atoms with Crippen LogP contribution in [-0.2, 0) is 11.8 Å². The second-order valence-corrected chi connectivity index (χ2v) is 10.1. The summed E-state index contributed by atoms with van der Waals surface area (Å²) in [5.74, 6) is -0.0902. The third-order valence-electron chi connectivity index (χ3n) is 5.36. The lowest BCUT2D eigenvalue weighted by Crippen LogP contribution is -2.23. The van der Waals surface area contributed by atoms with Crippen LogP contribution in [0.2, 0.25) is 5.02 Å². The molecule has 0 radical (unpaired) electrons. The van der Waals surface area contributed by atoms with E-state index in [9.17, 15) is 9.59 Å². The van der Waals surface area contributed by atoms with Crippen LogP contribution in [0, 0.1) is 27.7 Å².